The van der Waals surface area contributed by atoms with Crippen molar-refractivity contribution in [2.75, 3.05) is 6.79 Å². The van der Waals surface area contributed by atoms with Gasteiger partial charge in [-0.25, -0.2) is 0 Å². The van der Waals surface area contributed by atoms with Crippen LogP contribution in [0.3, 0.4) is 0 Å². The summed E-state index contributed by atoms with van der Waals surface area (Å²) >= 11 is 0. The number of rotatable bonds is 4. The maximum atomic E-state index is 12.2. The average Bonchev–Trinajstić information content (AvgIpc) is 3.03. The Morgan fingerprint density at radius 1 is 1.05 bits per heavy atom. The van der Waals surface area contributed by atoms with Crippen LogP contribution in [0, 0.1) is 13.8 Å². The molecule has 0 N–H and O–H groups in total. The second-order valence-electron chi connectivity index (χ2n) is 4.92. The van der Waals surface area contributed by atoms with Crippen LogP contribution < -0.4 is 9.47 Å². The first-order valence-corrected chi connectivity index (χ1v) is 6.57. The Morgan fingerprint density at radius 3 is 2.52 bits per heavy atom. The van der Waals surface area contributed by atoms with Gasteiger partial charge >= 0.3 is 0 Å². The molecule has 0 saturated carbocycles. The molecule has 0 saturated heterocycles. The molecule has 0 aliphatic carbocycles. The molecule has 21 heavy (non-hydrogen) atoms. The van der Waals surface area contributed by atoms with Crippen LogP contribution in [0.25, 0.3) is 0 Å². The third kappa shape index (κ3) is 2.54. The fourth-order valence-electron chi connectivity index (χ4n) is 2.32. The molecule has 1 aromatic carbocycles. The van der Waals surface area contributed by atoms with Crippen LogP contribution in [0.4, 0.5) is 0 Å². The lowest BCUT2D eigenvalue weighted by Gasteiger charge is -2.02. The van der Waals surface area contributed by atoms with Gasteiger partial charge in [0.2, 0.25) is 6.79 Å². The zero-order valence-corrected chi connectivity index (χ0v) is 11.8. The van der Waals surface area contributed by atoms with Crippen molar-refractivity contribution in [1.82, 2.24) is 0 Å². The van der Waals surface area contributed by atoms with Crippen LogP contribution in [0.1, 0.15) is 38.7 Å². The number of hydrogen-bond donors (Lipinski definition) is 0. The number of ether oxygens (including phenoxy) is 2. The Bertz CT molecular complexity index is 726. The number of ketones is 2. The summed E-state index contributed by atoms with van der Waals surface area (Å²) in [5.41, 5.74) is 0.895. The van der Waals surface area contributed by atoms with E-state index in [9.17, 15) is 9.59 Å². The van der Waals surface area contributed by atoms with E-state index in [0.717, 1.165) is 0 Å². The minimum Gasteiger partial charge on any atom is -0.466 e. The van der Waals surface area contributed by atoms with Crippen molar-refractivity contribution in [3.8, 4) is 11.5 Å². The Hall–Kier alpha value is -2.56. The quantitative estimate of drug-likeness (QED) is 0.638. The normalized spacial score (nSPS) is 12.5. The van der Waals surface area contributed by atoms with Gasteiger partial charge in [0, 0.05) is 5.56 Å². The van der Waals surface area contributed by atoms with Gasteiger partial charge in [0.1, 0.15) is 11.5 Å². The summed E-state index contributed by atoms with van der Waals surface area (Å²) in [6.45, 7) is 3.63. The van der Waals surface area contributed by atoms with Gasteiger partial charge in [-0.15, -0.1) is 0 Å². The van der Waals surface area contributed by atoms with Gasteiger partial charge in [-0.05, 0) is 38.1 Å². The smallest absolute Gasteiger partial charge is 0.231 e. The molecule has 1 aliphatic rings. The molecule has 5 nitrogen and oxygen atoms in total. The van der Waals surface area contributed by atoms with E-state index >= 15 is 0 Å². The largest absolute Gasteiger partial charge is 0.466 e. The molecule has 0 amide bonds. The molecule has 2 heterocycles. The summed E-state index contributed by atoms with van der Waals surface area (Å²) in [4.78, 5) is 24.4. The van der Waals surface area contributed by atoms with Gasteiger partial charge in [0.25, 0.3) is 0 Å². The lowest BCUT2D eigenvalue weighted by atomic mass is 10.0. The molecule has 0 unspecified atom stereocenters. The molecule has 2 aromatic rings. The highest BCUT2D eigenvalue weighted by molar-refractivity contribution is 6.14. The summed E-state index contributed by atoms with van der Waals surface area (Å²) in [6, 6.07) is 6.57. The van der Waals surface area contributed by atoms with E-state index in [2.05, 4.69) is 0 Å². The predicted molar refractivity (Wildman–Crippen MR) is 74.0 cm³/mol. The number of carbonyl (C=O) groups excluding carboxylic acids is 2. The first-order chi connectivity index (χ1) is 10.0. The van der Waals surface area contributed by atoms with Crippen molar-refractivity contribution in [3.63, 3.8) is 0 Å². The molecular formula is C16H14O5. The highest BCUT2D eigenvalue weighted by Gasteiger charge is 2.20. The number of carbonyl (C=O) groups is 2. The lowest BCUT2D eigenvalue weighted by Crippen LogP contribution is -2.08. The highest BCUT2D eigenvalue weighted by atomic mass is 16.7. The maximum absolute atomic E-state index is 12.2. The first-order valence-electron chi connectivity index (χ1n) is 6.57. The SMILES string of the molecule is Cc1cc(C(=O)CC(=O)c2ccc3c(c2)OCO3)c(C)o1. The van der Waals surface area contributed by atoms with E-state index < -0.39 is 0 Å². The Morgan fingerprint density at radius 2 is 1.81 bits per heavy atom. The number of benzene rings is 1. The third-order valence-electron chi connectivity index (χ3n) is 3.36. The molecule has 5 heteroatoms. The van der Waals surface area contributed by atoms with Crippen LogP contribution in [-0.2, 0) is 0 Å². The van der Waals surface area contributed by atoms with Crippen molar-refractivity contribution in [2.24, 2.45) is 0 Å². The van der Waals surface area contributed by atoms with E-state index in [4.69, 9.17) is 13.9 Å². The van der Waals surface area contributed by atoms with Gasteiger partial charge in [-0.2, -0.15) is 0 Å². The molecule has 108 valence electrons. The molecule has 0 radical (unpaired) electrons. The van der Waals surface area contributed by atoms with E-state index in [1.807, 2.05) is 0 Å². The van der Waals surface area contributed by atoms with Crippen LogP contribution in [0.2, 0.25) is 0 Å². The molecule has 1 aromatic heterocycles. The number of aryl methyl sites for hydroxylation is 2. The number of Topliss-reactive ketones (excluding diaryl/α,β-unsaturated/α-hetero) is 2. The molecule has 0 bridgehead atoms. The van der Waals surface area contributed by atoms with Crippen LogP contribution >= 0.6 is 0 Å². The summed E-state index contributed by atoms with van der Waals surface area (Å²) in [7, 11) is 0. The van der Waals surface area contributed by atoms with Crippen LogP contribution in [0.5, 0.6) is 11.5 Å². The van der Waals surface area contributed by atoms with E-state index in [1.54, 1.807) is 38.1 Å². The maximum Gasteiger partial charge on any atom is 0.231 e. The zero-order chi connectivity index (χ0) is 15.0. The lowest BCUT2D eigenvalue weighted by molar-refractivity contribution is 0.0893. The van der Waals surface area contributed by atoms with Crippen molar-refractivity contribution >= 4 is 11.6 Å². The van der Waals surface area contributed by atoms with Crippen LogP contribution in [0.15, 0.2) is 28.7 Å². The van der Waals surface area contributed by atoms with Gasteiger partial charge in [0.05, 0.1) is 12.0 Å². The average molecular weight is 286 g/mol. The summed E-state index contributed by atoms with van der Waals surface area (Å²) < 4.78 is 15.7. The van der Waals surface area contributed by atoms with Crippen molar-refractivity contribution in [1.29, 1.82) is 0 Å². The number of furan rings is 1. The van der Waals surface area contributed by atoms with Crippen LogP contribution in [-0.4, -0.2) is 18.4 Å². The Labute approximate surface area is 121 Å². The number of fused-ring (bicyclic) bond motifs is 1. The molecule has 0 fully saturated rings. The van der Waals surface area contributed by atoms with Gasteiger partial charge in [-0.1, -0.05) is 0 Å². The summed E-state index contributed by atoms with van der Waals surface area (Å²) in [5, 5.41) is 0. The number of hydrogen-bond acceptors (Lipinski definition) is 5. The fourth-order valence-corrected chi connectivity index (χ4v) is 2.32. The standard InChI is InChI=1S/C16H14O5/c1-9-5-12(10(2)21-9)14(18)7-13(17)11-3-4-15-16(6-11)20-8-19-15/h3-6H,7-8H2,1-2H3. The van der Waals surface area contributed by atoms with Crippen molar-refractivity contribution in [3.05, 3.63) is 46.9 Å². The second kappa shape index (κ2) is 5.09. The van der Waals surface area contributed by atoms with Crippen molar-refractivity contribution in [2.45, 2.75) is 20.3 Å². The summed E-state index contributed by atoms with van der Waals surface area (Å²) in [5.74, 6) is 1.84. The highest BCUT2D eigenvalue weighted by Crippen LogP contribution is 2.32. The van der Waals surface area contributed by atoms with E-state index in [0.29, 0.717) is 34.1 Å². The third-order valence-corrected chi connectivity index (χ3v) is 3.36. The molecule has 1 aliphatic heterocycles. The van der Waals surface area contributed by atoms with Gasteiger partial charge in [0.15, 0.2) is 23.1 Å². The molecule has 0 atom stereocenters. The van der Waals surface area contributed by atoms with Gasteiger partial charge in [-0.3, -0.25) is 9.59 Å². The Balaban J connectivity index is 1.77. The molecular weight excluding hydrogens is 272 g/mol. The molecule has 0 spiro atoms. The first kappa shape index (κ1) is 13.4. The molecule has 3 rings (SSSR count). The Kier molecular flexibility index (Phi) is 3.25. The minimum absolute atomic E-state index is 0.152. The monoisotopic (exact) mass is 286 g/mol. The summed E-state index contributed by atoms with van der Waals surface area (Å²) in [6.07, 6.45) is -0.195. The van der Waals surface area contributed by atoms with E-state index in [-0.39, 0.29) is 24.8 Å². The van der Waals surface area contributed by atoms with E-state index in [1.165, 1.54) is 0 Å². The second-order valence-corrected chi connectivity index (χ2v) is 4.92. The topological polar surface area (TPSA) is 65.7 Å². The van der Waals surface area contributed by atoms with Crippen molar-refractivity contribution < 1.29 is 23.5 Å². The minimum atomic E-state index is -0.253. The fraction of sp³-hybridized carbons (Fsp3) is 0.250. The van der Waals surface area contributed by atoms with Gasteiger partial charge < -0.3 is 13.9 Å². The predicted octanol–water partition coefficient (Wildman–Crippen LogP) is 3.08. The zero-order valence-electron chi connectivity index (χ0n) is 11.8.